The second-order valence-electron chi connectivity index (χ2n) is 8.61. The number of carbonyl (C=O) groups excluding carboxylic acids is 1. The van der Waals surface area contributed by atoms with E-state index < -0.39 is 10.0 Å². The molecule has 1 amide bonds. The number of nitrogens with one attached hydrogen (secondary N) is 2. The van der Waals surface area contributed by atoms with Gasteiger partial charge in [0.05, 0.1) is 18.1 Å². The summed E-state index contributed by atoms with van der Waals surface area (Å²) in [4.78, 5) is 15.3. The van der Waals surface area contributed by atoms with Gasteiger partial charge in [-0.15, -0.1) is 0 Å². The van der Waals surface area contributed by atoms with Crippen LogP contribution in [0.15, 0.2) is 59.6 Å². The van der Waals surface area contributed by atoms with E-state index in [1.807, 2.05) is 24.3 Å². The van der Waals surface area contributed by atoms with Gasteiger partial charge in [-0.2, -0.15) is 0 Å². The molecular weight excluding hydrogens is 440 g/mol. The van der Waals surface area contributed by atoms with Gasteiger partial charge in [0.1, 0.15) is 0 Å². The van der Waals surface area contributed by atoms with Gasteiger partial charge in [0.2, 0.25) is 10.0 Å². The van der Waals surface area contributed by atoms with Gasteiger partial charge in [0, 0.05) is 60.6 Å². The second kappa shape index (κ2) is 9.26. The Labute approximate surface area is 193 Å². The van der Waals surface area contributed by atoms with Crippen LogP contribution in [0.1, 0.15) is 23.2 Å². The molecule has 5 rings (SSSR count). The van der Waals surface area contributed by atoms with Crippen LogP contribution < -0.4 is 10.0 Å². The fourth-order valence-electron chi connectivity index (χ4n) is 4.04. The van der Waals surface area contributed by atoms with Crippen LogP contribution in [-0.4, -0.2) is 62.7 Å². The summed E-state index contributed by atoms with van der Waals surface area (Å²) in [5, 5.41) is 3.93. The number of fused-ring (bicyclic) bond motifs is 1. The number of benzene rings is 2. The summed E-state index contributed by atoms with van der Waals surface area (Å²) in [6.07, 6.45) is 3.78. The fourth-order valence-corrected chi connectivity index (χ4v) is 5.39. The minimum atomic E-state index is -3.61. The summed E-state index contributed by atoms with van der Waals surface area (Å²) in [6.45, 7) is 5.39. The van der Waals surface area contributed by atoms with Crippen LogP contribution in [0.2, 0.25) is 0 Å². The van der Waals surface area contributed by atoms with Crippen molar-refractivity contribution < 1.29 is 17.9 Å². The highest BCUT2D eigenvalue weighted by Crippen LogP contribution is 2.24. The van der Waals surface area contributed by atoms with Crippen molar-refractivity contribution in [3.63, 3.8) is 0 Å². The molecule has 2 fully saturated rings. The average Bonchev–Trinajstić information content (AvgIpc) is 3.54. The Kier molecular flexibility index (Phi) is 6.20. The van der Waals surface area contributed by atoms with E-state index in [4.69, 9.17) is 4.74 Å². The Balaban J connectivity index is 1.26. The van der Waals surface area contributed by atoms with Crippen LogP contribution in [0.5, 0.6) is 0 Å². The van der Waals surface area contributed by atoms with Crippen molar-refractivity contribution in [2.24, 2.45) is 0 Å². The molecule has 0 atom stereocenters. The average molecular weight is 469 g/mol. The number of amides is 1. The molecule has 2 aromatic carbocycles. The van der Waals surface area contributed by atoms with E-state index in [-0.39, 0.29) is 16.8 Å². The van der Waals surface area contributed by atoms with Crippen LogP contribution in [0.3, 0.4) is 0 Å². The van der Waals surface area contributed by atoms with Crippen LogP contribution in [0.25, 0.3) is 10.9 Å². The van der Waals surface area contributed by atoms with Gasteiger partial charge in [-0.3, -0.25) is 9.69 Å². The largest absolute Gasteiger partial charge is 0.379 e. The van der Waals surface area contributed by atoms with Crippen molar-refractivity contribution >= 4 is 32.5 Å². The first kappa shape index (κ1) is 22.1. The molecule has 3 aromatic rings. The smallest absolute Gasteiger partial charge is 0.255 e. The predicted molar refractivity (Wildman–Crippen MR) is 127 cm³/mol. The molecule has 0 bridgehead atoms. The number of nitrogens with zero attached hydrogens (tertiary/aromatic N) is 2. The fraction of sp³-hybridized carbons (Fsp3) is 0.375. The van der Waals surface area contributed by atoms with Crippen LogP contribution in [0, 0.1) is 0 Å². The second-order valence-corrected chi connectivity index (χ2v) is 10.3. The van der Waals surface area contributed by atoms with Gasteiger partial charge in [-0.05, 0) is 55.3 Å². The van der Waals surface area contributed by atoms with Crippen molar-refractivity contribution in [1.82, 2.24) is 14.2 Å². The highest BCUT2D eigenvalue weighted by molar-refractivity contribution is 7.89. The Hall–Kier alpha value is -2.72. The number of hydrogen-bond donors (Lipinski definition) is 2. The summed E-state index contributed by atoms with van der Waals surface area (Å²) in [6, 6.07) is 14.0. The van der Waals surface area contributed by atoms with Crippen LogP contribution in [-0.2, 0) is 21.3 Å². The van der Waals surface area contributed by atoms with E-state index in [9.17, 15) is 13.2 Å². The molecule has 0 spiro atoms. The number of carbonyl (C=O) groups is 1. The predicted octanol–water partition coefficient (Wildman–Crippen LogP) is 2.67. The lowest BCUT2D eigenvalue weighted by atomic mass is 10.2. The summed E-state index contributed by atoms with van der Waals surface area (Å²) < 4.78 is 35.2. The van der Waals surface area contributed by atoms with E-state index >= 15 is 0 Å². The maximum Gasteiger partial charge on any atom is 0.255 e. The third-order valence-electron chi connectivity index (χ3n) is 6.10. The van der Waals surface area contributed by atoms with E-state index in [2.05, 4.69) is 25.7 Å². The highest BCUT2D eigenvalue weighted by atomic mass is 32.2. The zero-order valence-corrected chi connectivity index (χ0v) is 19.2. The van der Waals surface area contributed by atoms with E-state index in [1.165, 1.54) is 12.1 Å². The normalized spacial score (nSPS) is 17.3. The molecule has 1 aliphatic carbocycles. The monoisotopic (exact) mass is 468 g/mol. The molecule has 2 aliphatic rings. The molecule has 1 saturated heterocycles. The molecule has 33 heavy (non-hydrogen) atoms. The van der Waals surface area contributed by atoms with Gasteiger partial charge in [0.25, 0.3) is 5.91 Å². The molecule has 2 N–H and O–H groups in total. The van der Waals surface area contributed by atoms with Crippen molar-refractivity contribution in [3.8, 4) is 0 Å². The number of anilines is 1. The minimum Gasteiger partial charge on any atom is -0.379 e. The lowest BCUT2D eigenvalue weighted by molar-refractivity contribution is 0.0365. The molecule has 9 heteroatoms. The third kappa shape index (κ3) is 5.27. The maximum absolute atomic E-state index is 12.8. The Morgan fingerprint density at radius 3 is 2.64 bits per heavy atom. The van der Waals surface area contributed by atoms with Crippen LogP contribution in [0.4, 0.5) is 5.69 Å². The van der Waals surface area contributed by atoms with Crippen LogP contribution >= 0.6 is 0 Å². The van der Waals surface area contributed by atoms with E-state index in [1.54, 1.807) is 12.1 Å². The standard InChI is InChI=1S/C24H28N4O4S/c29-24(19-2-1-3-22(17-19)33(30,31)26-20-4-5-20)25-21-6-7-23-18(16-21)8-9-28(23)11-10-27-12-14-32-15-13-27/h1-3,6-9,16-17,20,26H,4-5,10-15H2,(H,25,29). The number of rotatable bonds is 8. The summed E-state index contributed by atoms with van der Waals surface area (Å²) in [5.74, 6) is -0.343. The summed E-state index contributed by atoms with van der Waals surface area (Å²) >= 11 is 0. The highest BCUT2D eigenvalue weighted by Gasteiger charge is 2.28. The van der Waals surface area contributed by atoms with E-state index in [0.717, 1.165) is 63.1 Å². The number of hydrogen-bond acceptors (Lipinski definition) is 5. The van der Waals surface area contributed by atoms with Gasteiger partial charge >= 0.3 is 0 Å². The first-order chi connectivity index (χ1) is 16.0. The first-order valence-corrected chi connectivity index (χ1v) is 12.8. The summed E-state index contributed by atoms with van der Waals surface area (Å²) in [5.41, 5.74) is 2.08. The molecule has 2 heterocycles. The van der Waals surface area contributed by atoms with Gasteiger partial charge in [-0.25, -0.2) is 13.1 Å². The van der Waals surface area contributed by atoms with Crippen molar-refractivity contribution in [3.05, 3.63) is 60.3 Å². The van der Waals surface area contributed by atoms with Gasteiger partial charge < -0.3 is 14.6 Å². The topological polar surface area (TPSA) is 92.7 Å². The van der Waals surface area contributed by atoms with Gasteiger partial charge in [0.15, 0.2) is 0 Å². The quantitative estimate of drug-likeness (QED) is 0.530. The molecule has 1 saturated carbocycles. The Morgan fingerprint density at radius 1 is 1.03 bits per heavy atom. The molecule has 1 aliphatic heterocycles. The van der Waals surface area contributed by atoms with Gasteiger partial charge in [-0.1, -0.05) is 6.07 Å². The number of sulfonamides is 1. The van der Waals surface area contributed by atoms with Crippen molar-refractivity contribution in [2.75, 3.05) is 38.2 Å². The SMILES string of the molecule is O=C(Nc1ccc2c(ccn2CCN2CCOCC2)c1)c1cccc(S(=O)(=O)NC2CC2)c1. The lowest BCUT2D eigenvalue weighted by Gasteiger charge is -2.26. The zero-order chi connectivity index (χ0) is 22.8. The van der Waals surface area contributed by atoms with Crippen molar-refractivity contribution in [1.29, 1.82) is 0 Å². The molecule has 0 unspecified atom stereocenters. The molecule has 8 nitrogen and oxygen atoms in total. The number of aromatic nitrogens is 1. The maximum atomic E-state index is 12.8. The molecular formula is C24H28N4O4S. The third-order valence-corrected chi connectivity index (χ3v) is 7.61. The molecule has 1 aromatic heterocycles. The summed E-state index contributed by atoms with van der Waals surface area (Å²) in [7, 11) is -3.61. The van der Waals surface area contributed by atoms with E-state index in [0.29, 0.717) is 11.3 Å². The lowest BCUT2D eigenvalue weighted by Crippen LogP contribution is -2.38. The zero-order valence-electron chi connectivity index (χ0n) is 18.4. The molecule has 174 valence electrons. The Morgan fingerprint density at radius 2 is 1.85 bits per heavy atom. The Bertz CT molecular complexity index is 1260. The number of ether oxygens (including phenoxy) is 1. The minimum absolute atomic E-state index is 0.0142. The first-order valence-electron chi connectivity index (χ1n) is 11.3. The number of morpholine rings is 1. The molecule has 0 radical (unpaired) electrons. The van der Waals surface area contributed by atoms with Crippen molar-refractivity contribution in [2.45, 2.75) is 30.3 Å².